The number of nitrogens with zero attached hydrogens (tertiary/aromatic N) is 1. The third kappa shape index (κ3) is 3.52. The van der Waals surface area contributed by atoms with Crippen LogP contribution in [0, 0.1) is 0 Å². The van der Waals surface area contributed by atoms with Crippen LogP contribution in [0.4, 0.5) is 0 Å². The number of carbonyl (C=O) groups is 1. The molecule has 0 unspecified atom stereocenters. The molecule has 0 saturated heterocycles. The second-order valence-electron chi connectivity index (χ2n) is 6.47. The highest BCUT2D eigenvalue weighted by molar-refractivity contribution is 5.83. The van der Waals surface area contributed by atoms with Gasteiger partial charge in [0.2, 0.25) is 0 Å². The average molecular weight is 338 g/mol. The molecule has 5 heteroatoms. The number of para-hydroxylation sites is 1. The van der Waals surface area contributed by atoms with E-state index in [-0.39, 0.29) is 12.7 Å². The minimum Gasteiger partial charge on any atom is -0.467 e. The van der Waals surface area contributed by atoms with Crippen molar-refractivity contribution in [3.8, 4) is 5.75 Å². The van der Waals surface area contributed by atoms with Gasteiger partial charge in [0.25, 0.3) is 5.91 Å². The van der Waals surface area contributed by atoms with Crippen molar-refractivity contribution in [2.75, 3.05) is 19.9 Å². The van der Waals surface area contributed by atoms with Crippen LogP contribution < -0.4 is 10.1 Å². The Labute approximate surface area is 147 Å². The number of fused-ring (bicyclic) bond motifs is 2. The number of carbonyl (C=O) groups excluding carboxylic acids is 1. The summed E-state index contributed by atoms with van der Waals surface area (Å²) in [5, 5.41) is 2.99. The van der Waals surface area contributed by atoms with Crippen LogP contribution in [0.1, 0.15) is 29.2 Å². The predicted molar refractivity (Wildman–Crippen MR) is 93.9 cm³/mol. The molecule has 1 amide bonds. The third-order valence-electron chi connectivity index (χ3n) is 4.75. The van der Waals surface area contributed by atoms with Crippen molar-refractivity contribution in [3.63, 3.8) is 0 Å². The van der Waals surface area contributed by atoms with Gasteiger partial charge in [0.05, 0.1) is 0 Å². The largest absolute Gasteiger partial charge is 0.467 e. The number of nitrogens with one attached hydrogen (secondary N) is 1. The molecule has 0 aromatic heterocycles. The lowest BCUT2D eigenvalue weighted by molar-refractivity contribution is -0.142. The Bertz CT molecular complexity index is 737. The summed E-state index contributed by atoms with van der Waals surface area (Å²) in [6, 6.07) is 16.1. The van der Waals surface area contributed by atoms with E-state index in [1.54, 1.807) is 0 Å². The number of amides is 1. The summed E-state index contributed by atoms with van der Waals surface area (Å²) >= 11 is 0. The van der Waals surface area contributed by atoms with E-state index < -0.39 is 6.10 Å². The Balaban J connectivity index is 1.24. The Morgan fingerprint density at radius 2 is 1.80 bits per heavy atom. The van der Waals surface area contributed by atoms with Crippen molar-refractivity contribution in [1.82, 2.24) is 10.2 Å². The van der Waals surface area contributed by atoms with Gasteiger partial charge in [-0.25, -0.2) is 0 Å². The lowest BCUT2D eigenvalue weighted by Gasteiger charge is -2.25. The van der Waals surface area contributed by atoms with Crippen molar-refractivity contribution in [3.05, 3.63) is 65.2 Å². The second-order valence-corrected chi connectivity index (χ2v) is 6.47. The Morgan fingerprint density at radius 3 is 2.60 bits per heavy atom. The summed E-state index contributed by atoms with van der Waals surface area (Å²) in [4.78, 5) is 14.8. The fraction of sp³-hybridized carbons (Fsp3) is 0.350. The Hall–Kier alpha value is -2.37. The molecule has 0 radical (unpaired) electrons. The minimum atomic E-state index is -0.582. The molecule has 25 heavy (non-hydrogen) atoms. The van der Waals surface area contributed by atoms with Crippen molar-refractivity contribution in [1.29, 1.82) is 0 Å². The molecule has 2 aliphatic heterocycles. The summed E-state index contributed by atoms with van der Waals surface area (Å²) in [6.07, 6.45) is 0.339. The molecular weight excluding hydrogens is 316 g/mol. The maximum absolute atomic E-state index is 12.4. The normalized spacial score (nSPS) is 19.0. The van der Waals surface area contributed by atoms with Crippen LogP contribution in [0.5, 0.6) is 5.75 Å². The zero-order valence-corrected chi connectivity index (χ0v) is 14.1. The molecule has 2 heterocycles. The van der Waals surface area contributed by atoms with Crippen LogP contribution in [0.2, 0.25) is 0 Å². The van der Waals surface area contributed by atoms with E-state index >= 15 is 0 Å². The van der Waals surface area contributed by atoms with E-state index in [0.717, 1.165) is 37.4 Å². The third-order valence-corrected chi connectivity index (χ3v) is 4.75. The molecule has 2 aromatic carbocycles. The highest BCUT2D eigenvalue weighted by Crippen LogP contribution is 2.31. The fourth-order valence-corrected chi connectivity index (χ4v) is 3.47. The van der Waals surface area contributed by atoms with E-state index in [2.05, 4.69) is 34.5 Å². The highest BCUT2D eigenvalue weighted by Gasteiger charge is 2.28. The van der Waals surface area contributed by atoms with Gasteiger partial charge in [-0.15, -0.1) is 0 Å². The highest BCUT2D eigenvalue weighted by atomic mass is 16.7. The van der Waals surface area contributed by atoms with Gasteiger partial charge in [-0.05, 0) is 23.6 Å². The summed E-state index contributed by atoms with van der Waals surface area (Å²) in [6.45, 7) is 3.73. The molecule has 130 valence electrons. The molecule has 5 nitrogen and oxygen atoms in total. The van der Waals surface area contributed by atoms with Crippen LogP contribution in [0.15, 0.2) is 48.5 Å². The summed E-state index contributed by atoms with van der Waals surface area (Å²) in [7, 11) is 0. The quantitative estimate of drug-likeness (QED) is 0.852. The van der Waals surface area contributed by atoms with Crippen LogP contribution in [0.25, 0.3) is 0 Å². The summed E-state index contributed by atoms with van der Waals surface area (Å²) in [5.74, 6) is 0.629. The summed E-state index contributed by atoms with van der Waals surface area (Å²) in [5.41, 5.74) is 3.62. The van der Waals surface area contributed by atoms with Gasteiger partial charge < -0.3 is 14.8 Å². The van der Waals surface area contributed by atoms with Crippen molar-refractivity contribution in [2.24, 2.45) is 0 Å². The smallest absolute Gasteiger partial charge is 0.254 e. The van der Waals surface area contributed by atoms with Crippen LogP contribution in [-0.2, 0) is 22.6 Å². The molecule has 0 saturated carbocycles. The zero-order chi connectivity index (χ0) is 17.1. The van der Waals surface area contributed by atoms with Gasteiger partial charge in [-0.3, -0.25) is 9.69 Å². The minimum absolute atomic E-state index is 0.0968. The van der Waals surface area contributed by atoms with E-state index in [9.17, 15) is 4.79 Å². The summed E-state index contributed by atoms with van der Waals surface area (Å²) < 4.78 is 10.9. The SMILES string of the molecule is O=C(NCCCN1Cc2ccccc2C1)[C@@H]1OCOc2ccccc21. The van der Waals surface area contributed by atoms with Crippen molar-refractivity contribution >= 4 is 5.91 Å². The Morgan fingerprint density at radius 1 is 1.08 bits per heavy atom. The standard InChI is InChI=1S/C20H22N2O3/c23-20(19-17-8-3-4-9-18(17)24-14-25-19)21-10-5-11-22-12-15-6-1-2-7-16(15)13-22/h1-4,6-9,19H,5,10-14H2,(H,21,23)/t19-/m1/s1. The lowest BCUT2D eigenvalue weighted by atomic mass is 10.1. The van der Waals surface area contributed by atoms with Gasteiger partial charge in [-0.2, -0.15) is 0 Å². The van der Waals surface area contributed by atoms with Gasteiger partial charge in [0, 0.05) is 31.7 Å². The predicted octanol–water partition coefficient (Wildman–Crippen LogP) is 2.62. The maximum Gasteiger partial charge on any atom is 0.254 e. The number of ether oxygens (including phenoxy) is 2. The number of benzene rings is 2. The van der Waals surface area contributed by atoms with Gasteiger partial charge in [0.15, 0.2) is 12.9 Å². The topological polar surface area (TPSA) is 50.8 Å². The number of rotatable bonds is 5. The van der Waals surface area contributed by atoms with E-state index in [0.29, 0.717) is 6.54 Å². The van der Waals surface area contributed by atoms with Gasteiger partial charge in [-0.1, -0.05) is 42.5 Å². The maximum atomic E-state index is 12.4. The lowest BCUT2D eigenvalue weighted by Crippen LogP contribution is -2.35. The van der Waals surface area contributed by atoms with Gasteiger partial charge >= 0.3 is 0 Å². The van der Waals surface area contributed by atoms with E-state index in [1.807, 2.05) is 24.3 Å². The van der Waals surface area contributed by atoms with Crippen molar-refractivity contribution in [2.45, 2.75) is 25.6 Å². The molecule has 2 aliphatic rings. The molecule has 1 atom stereocenters. The molecule has 2 aromatic rings. The first kappa shape index (κ1) is 16.1. The van der Waals surface area contributed by atoms with Crippen LogP contribution >= 0.6 is 0 Å². The van der Waals surface area contributed by atoms with E-state index in [1.165, 1.54) is 11.1 Å². The fourth-order valence-electron chi connectivity index (χ4n) is 3.47. The molecule has 0 bridgehead atoms. The molecule has 0 aliphatic carbocycles. The Kier molecular flexibility index (Phi) is 4.68. The molecule has 0 fully saturated rings. The zero-order valence-electron chi connectivity index (χ0n) is 14.1. The first-order chi connectivity index (χ1) is 12.3. The van der Waals surface area contributed by atoms with Gasteiger partial charge in [0.1, 0.15) is 5.75 Å². The number of hydrogen-bond acceptors (Lipinski definition) is 4. The monoisotopic (exact) mass is 338 g/mol. The molecule has 0 spiro atoms. The first-order valence-electron chi connectivity index (χ1n) is 8.71. The molecule has 1 N–H and O–H groups in total. The van der Waals surface area contributed by atoms with Crippen LogP contribution in [-0.4, -0.2) is 30.7 Å². The molecular formula is C20H22N2O3. The van der Waals surface area contributed by atoms with Crippen molar-refractivity contribution < 1.29 is 14.3 Å². The average Bonchev–Trinajstić information content (AvgIpc) is 3.07. The first-order valence-corrected chi connectivity index (χ1v) is 8.71. The number of hydrogen-bond donors (Lipinski definition) is 1. The second kappa shape index (κ2) is 7.25. The van der Waals surface area contributed by atoms with Crippen LogP contribution in [0.3, 0.4) is 0 Å². The molecule has 4 rings (SSSR count). The van der Waals surface area contributed by atoms with E-state index in [4.69, 9.17) is 9.47 Å².